The van der Waals surface area contributed by atoms with Gasteiger partial charge in [-0.05, 0) is 43.5 Å². The summed E-state index contributed by atoms with van der Waals surface area (Å²) in [6, 6.07) is 15.5. The molecule has 2 aromatic carbocycles. The SMILES string of the molecule is CCCCCCCCCCCCCC(=O)N[C@H]1[C@@H](OC(=O)CCCCCCCCCCCCC)O[C@H](CO)[C@@H](OP(=O)(Oc2ccccc2)Oc2ccccc2)[C@@H]1OC(=O)CCCCCCCCCCCCC. The van der Waals surface area contributed by atoms with E-state index in [-0.39, 0.29) is 36.7 Å². The number of nitrogens with one attached hydrogen (secondary N) is 1. The van der Waals surface area contributed by atoms with E-state index in [1.54, 1.807) is 60.7 Å². The molecular formula is C60H100NO11P. The van der Waals surface area contributed by atoms with Crippen LogP contribution in [0.5, 0.6) is 11.5 Å². The van der Waals surface area contributed by atoms with E-state index in [9.17, 15) is 24.1 Å². The number of carbonyl (C=O) groups is 3. The molecule has 0 radical (unpaired) electrons. The number of para-hydroxylation sites is 2. The maximum atomic E-state index is 15.0. The number of benzene rings is 2. The Morgan fingerprint density at radius 1 is 0.479 bits per heavy atom. The molecule has 1 aliphatic heterocycles. The molecule has 1 amide bonds. The summed E-state index contributed by atoms with van der Waals surface area (Å²) in [6.45, 7) is 5.98. The van der Waals surface area contributed by atoms with Gasteiger partial charge in [0.15, 0.2) is 6.10 Å². The van der Waals surface area contributed by atoms with Crippen molar-refractivity contribution in [2.24, 2.45) is 0 Å². The molecule has 0 unspecified atom stereocenters. The average Bonchev–Trinajstić information content (AvgIpc) is 3.38. The van der Waals surface area contributed by atoms with Gasteiger partial charge in [-0.25, -0.2) is 4.57 Å². The van der Waals surface area contributed by atoms with Crippen molar-refractivity contribution in [3.8, 4) is 11.5 Å². The highest BCUT2D eigenvalue weighted by Gasteiger charge is 2.54. The Morgan fingerprint density at radius 2 is 0.822 bits per heavy atom. The Balaban J connectivity index is 1.82. The highest BCUT2D eigenvalue weighted by atomic mass is 31.2. The molecule has 0 spiro atoms. The molecule has 0 saturated carbocycles. The minimum absolute atomic E-state index is 0.0757. The van der Waals surface area contributed by atoms with Crippen LogP contribution in [-0.4, -0.2) is 60.2 Å². The van der Waals surface area contributed by atoms with Gasteiger partial charge in [0.2, 0.25) is 12.2 Å². The number of unbranched alkanes of at least 4 members (excludes halogenated alkanes) is 30. The normalized spacial score (nSPS) is 17.8. The van der Waals surface area contributed by atoms with Crippen molar-refractivity contribution in [3.05, 3.63) is 60.7 Å². The number of esters is 2. The van der Waals surface area contributed by atoms with Crippen LogP contribution in [0.4, 0.5) is 0 Å². The molecule has 5 atom stereocenters. The standard InChI is InChI=1S/C60H100NO11P/c1-4-7-10-13-16-19-22-25-28-31-40-47-54(63)61-57-59(68-55(64)48-41-32-29-26-23-20-17-14-11-8-5-2)58(72-73(66,70-51-43-36-34-37-44-51)71-52-45-38-35-39-46-52)53(50-62)67-60(57)69-56(65)49-42-33-30-27-24-21-18-15-12-9-6-3/h34-39,43-46,53,57-60,62H,4-33,40-42,47-50H2,1-3H3,(H,61,63)/t53-,57-,58-,59-,60-/m1/s1. The molecule has 416 valence electrons. The number of hydrogen-bond donors (Lipinski definition) is 2. The Hall–Kier alpha value is -3.44. The van der Waals surface area contributed by atoms with Crippen LogP contribution in [0.3, 0.4) is 0 Å². The van der Waals surface area contributed by atoms with Crippen molar-refractivity contribution < 1.29 is 51.8 Å². The number of rotatable bonds is 46. The number of phosphoric acid groups is 1. The fourth-order valence-electron chi connectivity index (χ4n) is 9.48. The van der Waals surface area contributed by atoms with E-state index in [0.29, 0.717) is 19.3 Å². The van der Waals surface area contributed by atoms with Crippen molar-refractivity contribution in [2.45, 2.75) is 283 Å². The summed E-state index contributed by atoms with van der Waals surface area (Å²) in [6.07, 6.45) is 31.6. The number of ether oxygens (including phenoxy) is 3. The largest absolute Gasteiger partial charge is 0.588 e. The van der Waals surface area contributed by atoms with Gasteiger partial charge in [0.25, 0.3) is 0 Å². The lowest BCUT2D eigenvalue weighted by molar-refractivity contribution is -0.264. The molecule has 1 saturated heterocycles. The summed E-state index contributed by atoms with van der Waals surface area (Å²) in [5.41, 5.74) is 0. The second kappa shape index (κ2) is 41.8. The summed E-state index contributed by atoms with van der Waals surface area (Å²) < 4.78 is 52.0. The van der Waals surface area contributed by atoms with Gasteiger partial charge in [0, 0.05) is 19.3 Å². The highest BCUT2D eigenvalue weighted by Crippen LogP contribution is 2.52. The van der Waals surface area contributed by atoms with Crippen LogP contribution in [0.2, 0.25) is 0 Å². The maximum Gasteiger partial charge on any atom is 0.588 e. The number of phosphoric ester groups is 1. The van der Waals surface area contributed by atoms with Crippen LogP contribution < -0.4 is 14.4 Å². The Bertz CT molecular complexity index is 1670. The van der Waals surface area contributed by atoms with Gasteiger partial charge in [-0.3, -0.25) is 18.9 Å². The van der Waals surface area contributed by atoms with Crippen LogP contribution >= 0.6 is 7.82 Å². The number of aliphatic hydroxyl groups is 1. The Labute approximate surface area is 442 Å². The predicted octanol–water partition coefficient (Wildman–Crippen LogP) is 16.4. The Morgan fingerprint density at radius 3 is 1.19 bits per heavy atom. The predicted molar refractivity (Wildman–Crippen MR) is 294 cm³/mol. The van der Waals surface area contributed by atoms with E-state index < -0.39 is 57.0 Å². The van der Waals surface area contributed by atoms with Crippen LogP contribution in [0.1, 0.15) is 252 Å². The summed E-state index contributed by atoms with van der Waals surface area (Å²) in [5, 5.41) is 14.0. The van der Waals surface area contributed by atoms with Gasteiger partial charge in [-0.1, -0.05) is 250 Å². The minimum Gasteiger partial charge on any atom is -0.457 e. The molecule has 0 aliphatic carbocycles. The van der Waals surface area contributed by atoms with Gasteiger partial charge in [0.05, 0.1) is 6.61 Å². The van der Waals surface area contributed by atoms with E-state index in [1.165, 1.54) is 128 Å². The number of amides is 1. The molecule has 1 aliphatic rings. The molecule has 12 nitrogen and oxygen atoms in total. The number of aliphatic hydroxyl groups excluding tert-OH is 1. The fraction of sp³-hybridized carbons (Fsp3) is 0.750. The lowest BCUT2D eigenvalue weighted by Crippen LogP contribution is -2.66. The van der Waals surface area contributed by atoms with E-state index in [4.69, 9.17) is 27.8 Å². The zero-order valence-electron chi connectivity index (χ0n) is 45.8. The second-order valence-electron chi connectivity index (χ2n) is 20.4. The van der Waals surface area contributed by atoms with Gasteiger partial charge < -0.3 is 33.7 Å². The lowest BCUT2D eigenvalue weighted by Gasteiger charge is -2.45. The van der Waals surface area contributed by atoms with E-state index >= 15 is 0 Å². The van der Waals surface area contributed by atoms with E-state index in [2.05, 4.69) is 26.1 Å². The van der Waals surface area contributed by atoms with Crippen molar-refractivity contribution in [3.63, 3.8) is 0 Å². The first-order valence-electron chi connectivity index (χ1n) is 29.4. The van der Waals surface area contributed by atoms with Gasteiger partial charge in [-0.15, -0.1) is 0 Å². The van der Waals surface area contributed by atoms with E-state index in [0.717, 1.165) is 64.2 Å². The van der Waals surface area contributed by atoms with E-state index in [1.807, 2.05) is 0 Å². The molecule has 0 aromatic heterocycles. The lowest BCUT2D eigenvalue weighted by atomic mass is 9.96. The Kier molecular flexibility index (Phi) is 36.5. The maximum absolute atomic E-state index is 15.0. The molecule has 73 heavy (non-hydrogen) atoms. The first-order valence-corrected chi connectivity index (χ1v) is 30.9. The molecule has 3 rings (SSSR count). The molecule has 2 aromatic rings. The smallest absolute Gasteiger partial charge is 0.457 e. The highest BCUT2D eigenvalue weighted by molar-refractivity contribution is 7.49. The molecule has 2 N–H and O–H groups in total. The van der Waals surface area contributed by atoms with Gasteiger partial charge in [-0.2, -0.15) is 0 Å². The minimum atomic E-state index is -4.70. The van der Waals surface area contributed by atoms with Crippen molar-refractivity contribution in [2.75, 3.05) is 6.61 Å². The number of hydrogen-bond acceptors (Lipinski definition) is 11. The number of carbonyl (C=O) groups excluding carboxylic acids is 3. The molecule has 1 heterocycles. The third-order valence-corrected chi connectivity index (χ3v) is 15.2. The summed E-state index contributed by atoms with van der Waals surface area (Å²) in [5.74, 6) is -1.12. The van der Waals surface area contributed by atoms with Crippen molar-refractivity contribution in [1.29, 1.82) is 0 Å². The fourth-order valence-corrected chi connectivity index (χ4v) is 10.9. The quantitative estimate of drug-likeness (QED) is 0.0370. The van der Waals surface area contributed by atoms with Crippen LogP contribution in [0.25, 0.3) is 0 Å². The first-order chi connectivity index (χ1) is 35.7. The topological polar surface area (TPSA) is 156 Å². The van der Waals surface area contributed by atoms with Crippen molar-refractivity contribution >= 4 is 25.7 Å². The average molecular weight is 1040 g/mol. The summed E-state index contributed by atoms with van der Waals surface area (Å²) >= 11 is 0. The second-order valence-corrected chi connectivity index (χ2v) is 21.9. The molecule has 13 heteroatoms. The van der Waals surface area contributed by atoms with Gasteiger partial charge in [0.1, 0.15) is 29.7 Å². The zero-order chi connectivity index (χ0) is 52.5. The van der Waals surface area contributed by atoms with Crippen molar-refractivity contribution in [1.82, 2.24) is 5.32 Å². The van der Waals surface area contributed by atoms with Crippen LogP contribution in [0, 0.1) is 0 Å². The van der Waals surface area contributed by atoms with Crippen LogP contribution in [0.15, 0.2) is 60.7 Å². The summed E-state index contributed by atoms with van der Waals surface area (Å²) in [7, 11) is -4.70. The first kappa shape index (κ1) is 63.8. The third-order valence-electron chi connectivity index (χ3n) is 13.8. The summed E-state index contributed by atoms with van der Waals surface area (Å²) in [4.78, 5) is 41.6. The van der Waals surface area contributed by atoms with Gasteiger partial charge >= 0.3 is 19.8 Å². The third kappa shape index (κ3) is 30.0. The van der Waals surface area contributed by atoms with Crippen LogP contribution in [-0.2, 0) is 37.7 Å². The zero-order valence-corrected chi connectivity index (χ0v) is 46.7. The molecular weight excluding hydrogens is 942 g/mol. The molecule has 0 bridgehead atoms. The molecule has 1 fully saturated rings. The monoisotopic (exact) mass is 1040 g/mol.